The Hall–Kier alpha value is -2.87. The molecule has 0 aliphatic heterocycles. The fraction of sp³-hybridized carbons (Fsp3) is 0.263. The summed E-state index contributed by atoms with van der Waals surface area (Å²) in [5.74, 6) is 0.542. The molecule has 1 atom stereocenters. The Morgan fingerprint density at radius 3 is 2.74 bits per heavy atom. The molecule has 8 heteroatoms. The molecule has 0 bridgehead atoms. The number of carbonyl (C=O) groups is 1. The van der Waals surface area contributed by atoms with Crippen molar-refractivity contribution in [1.82, 2.24) is 20.2 Å². The van der Waals surface area contributed by atoms with Crippen LogP contribution in [0.25, 0.3) is 5.69 Å². The third-order valence-corrected chi connectivity index (χ3v) is 5.08. The van der Waals surface area contributed by atoms with Gasteiger partial charge in [-0.2, -0.15) is 4.68 Å². The summed E-state index contributed by atoms with van der Waals surface area (Å²) in [6, 6.07) is 13.4. The first-order valence-corrected chi connectivity index (χ1v) is 9.34. The summed E-state index contributed by atoms with van der Waals surface area (Å²) in [5, 5.41) is 14.9. The molecule has 0 aliphatic carbocycles. The highest BCUT2D eigenvalue weighted by atomic mass is 32.2. The lowest BCUT2D eigenvalue weighted by molar-refractivity contribution is -0.115. The van der Waals surface area contributed by atoms with Crippen molar-refractivity contribution in [2.24, 2.45) is 0 Å². The number of ether oxygens (including phenoxy) is 1. The van der Waals surface area contributed by atoms with Crippen LogP contribution >= 0.6 is 11.8 Å². The van der Waals surface area contributed by atoms with Crippen LogP contribution in [0.15, 0.2) is 47.6 Å². The number of benzene rings is 2. The SMILES string of the molecule is COc1ccccc1-n1nnnc1SC(C)C(=O)Nc1ccc(C)cc1C. The maximum Gasteiger partial charge on any atom is 0.237 e. The topological polar surface area (TPSA) is 81.9 Å². The van der Waals surface area contributed by atoms with Gasteiger partial charge in [0.15, 0.2) is 0 Å². The minimum Gasteiger partial charge on any atom is -0.494 e. The maximum atomic E-state index is 12.6. The van der Waals surface area contributed by atoms with Crippen LogP contribution in [-0.4, -0.2) is 38.5 Å². The highest BCUT2D eigenvalue weighted by Crippen LogP contribution is 2.28. The van der Waals surface area contributed by atoms with Gasteiger partial charge in [-0.15, -0.1) is 5.10 Å². The van der Waals surface area contributed by atoms with Crippen molar-refractivity contribution in [3.63, 3.8) is 0 Å². The molecule has 27 heavy (non-hydrogen) atoms. The third-order valence-electron chi connectivity index (χ3n) is 4.05. The van der Waals surface area contributed by atoms with Crippen LogP contribution in [-0.2, 0) is 4.79 Å². The minimum atomic E-state index is -0.384. The number of carbonyl (C=O) groups excluding carboxylic acids is 1. The standard InChI is InChI=1S/C19H21N5O2S/c1-12-9-10-15(13(2)11-12)20-18(25)14(3)27-19-21-22-23-24(19)16-7-5-6-8-17(16)26-4/h5-11,14H,1-4H3,(H,20,25). The van der Waals surface area contributed by atoms with Gasteiger partial charge >= 0.3 is 0 Å². The van der Waals surface area contributed by atoms with Crippen LogP contribution in [0.5, 0.6) is 5.75 Å². The van der Waals surface area contributed by atoms with E-state index in [0.29, 0.717) is 10.9 Å². The molecule has 0 fully saturated rings. The fourth-order valence-corrected chi connectivity index (χ4v) is 3.41. The number of hydrogen-bond acceptors (Lipinski definition) is 6. The predicted octanol–water partition coefficient (Wildman–Crippen LogP) is 3.41. The monoisotopic (exact) mass is 383 g/mol. The number of anilines is 1. The molecule has 1 unspecified atom stereocenters. The van der Waals surface area contributed by atoms with E-state index in [9.17, 15) is 4.79 Å². The highest BCUT2D eigenvalue weighted by Gasteiger charge is 2.21. The molecular weight excluding hydrogens is 362 g/mol. The second kappa shape index (κ2) is 8.22. The van der Waals surface area contributed by atoms with Gasteiger partial charge in [-0.1, -0.05) is 41.6 Å². The van der Waals surface area contributed by atoms with Crippen LogP contribution in [0.3, 0.4) is 0 Å². The molecule has 0 aliphatic rings. The second-order valence-electron chi connectivity index (χ2n) is 6.11. The lowest BCUT2D eigenvalue weighted by Gasteiger charge is -2.14. The van der Waals surface area contributed by atoms with Crippen LogP contribution in [0.1, 0.15) is 18.1 Å². The summed E-state index contributed by atoms with van der Waals surface area (Å²) in [4.78, 5) is 12.6. The minimum absolute atomic E-state index is 0.110. The zero-order valence-electron chi connectivity index (χ0n) is 15.6. The number of nitrogens with one attached hydrogen (secondary N) is 1. The van der Waals surface area contributed by atoms with E-state index in [2.05, 4.69) is 20.8 Å². The molecule has 0 saturated heterocycles. The lowest BCUT2D eigenvalue weighted by Crippen LogP contribution is -2.23. The van der Waals surface area contributed by atoms with E-state index in [4.69, 9.17) is 4.74 Å². The van der Waals surface area contributed by atoms with Crippen molar-refractivity contribution in [2.45, 2.75) is 31.2 Å². The number of thioether (sulfide) groups is 1. The van der Waals surface area contributed by atoms with E-state index in [1.807, 2.05) is 63.2 Å². The van der Waals surface area contributed by atoms with Gasteiger partial charge in [-0.3, -0.25) is 4.79 Å². The summed E-state index contributed by atoms with van der Waals surface area (Å²) in [6.45, 7) is 5.82. The molecule has 1 N–H and O–H groups in total. The van der Waals surface area contributed by atoms with Crippen LogP contribution in [0.2, 0.25) is 0 Å². The molecule has 1 amide bonds. The maximum absolute atomic E-state index is 12.6. The zero-order chi connectivity index (χ0) is 19.4. The Morgan fingerprint density at radius 2 is 2.00 bits per heavy atom. The number of hydrogen-bond donors (Lipinski definition) is 1. The summed E-state index contributed by atoms with van der Waals surface area (Å²) >= 11 is 1.29. The average molecular weight is 383 g/mol. The number of amides is 1. The number of rotatable bonds is 6. The number of nitrogens with zero attached hydrogens (tertiary/aromatic N) is 4. The van der Waals surface area contributed by atoms with Crippen LogP contribution < -0.4 is 10.1 Å². The Labute approximate surface area is 162 Å². The first-order chi connectivity index (χ1) is 13.0. The summed E-state index contributed by atoms with van der Waals surface area (Å²) < 4.78 is 6.95. The molecule has 0 saturated carbocycles. The normalized spacial score (nSPS) is 11.9. The first-order valence-electron chi connectivity index (χ1n) is 8.46. The smallest absolute Gasteiger partial charge is 0.237 e. The molecule has 1 aromatic heterocycles. The molecule has 3 rings (SSSR count). The molecule has 0 radical (unpaired) electrons. The van der Waals surface area contributed by atoms with Gasteiger partial charge in [0.1, 0.15) is 11.4 Å². The van der Waals surface area contributed by atoms with Gasteiger partial charge in [-0.25, -0.2) is 0 Å². The van der Waals surface area contributed by atoms with Gasteiger partial charge < -0.3 is 10.1 Å². The summed E-state index contributed by atoms with van der Waals surface area (Å²) in [7, 11) is 1.59. The van der Waals surface area contributed by atoms with Crippen molar-refractivity contribution >= 4 is 23.4 Å². The van der Waals surface area contributed by atoms with E-state index >= 15 is 0 Å². The second-order valence-corrected chi connectivity index (χ2v) is 7.42. The van der Waals surface area contributed by atoms with Gasteiger partial charge in [0.05, 0.1) is 12.4 Å². The van der Waals surface area contributed by atoms with E-state index in [-0.39, 0.29) is 11.2 Å². The molecule has 7 nitrogen and oxygen atoms in total. The zero-order valence-corrected chi connectivity index (χ0v) is 16.4. The quantitative estimate of drug-likeness (QED) is 0.657. The van der Waals surface area contributed by atoms with Gasteiger partial charge in [0.25, 0.3) is 0 Å². The Bertz CT molecular complexity index is 957. The first kappa shape index (κ1) is 18.9. The molecule has 1 heterocycles. The van der Waals surface area contributed by atoms with Crippen molar-refractivity contribution in [2.75, 3.05) is 12.4 Å². The van der Waals surface area contributed by atoms with Crippen LogP contribution in [0, 0.1) is 13.8 Å². The number of para-hydroxylation sites is 2. The van der Waals surface area contributed by atoms with E-state index in [1.54, 1.807) is 11.8 Å². The Morgan fingerprint density at radius 1 is 1.22 bits per heavy atom. The van der Waals surface area contributed by atoms with E-state index in [0.717, 1.165) is 22.5 Å². The average Bonchev–Trinajstić information content (AvgIpc) is 3.11. The predicted molar refractivity (Wildman–Crippen MR) is 106 cm³/mol. The van der Waals surface area contributed by atoms with E-state index in [1.165, 1.54) is 11.8 Å². The highest BCUT2D eigenvalue weighted by molar-refractivity contribution is 8.00. The van der Waals surface area contributed by atoms with Crippen molar-refractivity contribution < 1.29 is 9.53 Å². The Kier molecular flexibility index (Phi) is 5.75. The summed E-state index contributed by atoms with van der Waals surface area (Å²) in [6.07, 6.45) is 0. The number of aromatic nitrogens is 4. The largest absolute Gasteiger partial charge is 0.494 e. The number of tetrazole rings is 1. The molecule has 2 aromatic carbocycles. The van der Waals surface area contributed by atoms with Crippen molar-refractivity contribution in [3.8, 4) is 11.4 Å². The fourth-order valence-electron chi connectivity index (χ4n) is 2.61. The van der Waals surface area contributed by atoms with E-state index < -0.39 is 0 Å². The van der Waals surface area contributed by atoms with Gasteiger partial charge in [-0.05, 0) is 55.0 Å². The van der Waals surface area contributed by atoms with Gasteiger partial charge in [0, 0.05) is 5.69 Å². The number of aryl methyl sites for hydroxylation is 2. The molecule has 140 valence electrons. The van der Waals surface area contributed by atoms with Crippen molar-refractivity contribution in [1.29, 1.82) is 0 Å². The third kappa shape index (κ3) is 4.28. The van der Waals surface area contributed by atoms with Crippen LogP contribution in [0.4, 0.5) is 5.69 Å². The molecule has 0 spiro atoms. The number of methoxy groups -OCH3 is 1. The lowest BCUT2D eigenvalue weighted by atomic mass is 10.1. The Balaban J connectivity index is 1.76. The molecular formula is C19H21N5O2S. The molecule has 3 aromatic rings. The van der Waals surface area contributed by atoms with Gasteiger partial charge in [0.2, 0.25) is 11.1 Å². The summed E-state index contributed by atoms with van der Waals surface area (Å²) in [5.41, 5.74) is 3.71. The van der Waals surface area contributed by atoms with Crippen molar-refractivity contribution in [3.05, 3.63) is 53.6 Å².